The van der Waals surface area contributed by atoms with Crippen molar-refractivity contribution in [3.63, 3.8) is 0 Å². The number of carbonyl (C=O) groups is 1. The molecule has 206 valence electrons. The first-order chi connectivity index (χ1) is 16.7. The van der Waals surface area contributed by atoms with Crippen LogP contribution in [0.4, 0.5) is 0 Å². The minimum Gasteiger partial charge on any atom is -1.00 e. The van der Waals surface area contributed by atoms with E-state index in [1.165, 1.54) is 90.4 Å². The van der Waals surface area contributed by atoms with Gasteiger partial charge in [-0.25, -0.2) is 0 Å². The van der Waals surface area contributed by atoms with E-state index in [9.17, 15) is 9.90 Å². The summed E-state index contributed by atoms with van der Waals surface area (Å²) in [6.45, 7) is 11.6. The Kier molecular flexibility index (Phi) is 7.45. The highest BCUT2D eigenvalue weighted by atomic mass is 79.9. The normalized spacial score (nSPS) is 50.0. The lowest BCUT2D eigenvalue weighted by Crippen LogP contribution is -3.00. The van der Waals surface area contributed by atoms with Crippen LogP contribution < -0.4 is 17.0 Å². The molecule has 4 saturated carbocycles. The number of fused-ring (bicyclic) bond motifs is 5. The summed E-state index contributed by atoms with van der Waals surface area (Å²) < 4.78 is 7.41. The number of quaternary nitrogens is 1. The van der Waals surface area contributed by atoms with Crippen molar-refractivity contribution in [3.05, 3.63) is 0 Å². The smallest absolute Gasteiger partial charge is 0.303 e. The second-order valence-corrected chi connectivity index (χ2v) is 14.5. The number of hydrogen-bond acceptors (Lipinski definition) is 4. The molecule has 6 heteroatoms. The van der Waals surface area contributed by atoms with E-state index < -0.39 is 0 Å². The summed E-state index contributed by atoms with van der Waals surface area (Å²) in [6, 6.07) is 0.830. The van der Waals surface area contributed by atoms with Gasteiger partial charge in [-0.1, -0.05) is 13.8 Å². The van der Waals surface area contributed by atoms with Gasteiger partial charge in [0.05, 0.1) is 26.2 Å². The Bertz CT molecular complexity index is 827. The maximum atomic E-state index is 12.3. The summed E-state index contributed by atoms with van der Waals surface area (Å²) in [5.41, 5.74) is 0.463. The largest absolute Gasteiger partial charge is 1.00 e. The highest BCUT2D eigenvalue weighted by Gasteiger charge is 2.67. The number of aliphatic hydroxyl groups is 1. The molecular formula is C30H51BrN2O3. The lowest BCUT2D eigenvalue weighted by atomic mass is 9.44. The SMILES string of the molecule is CC(=O)O[C@@H]1[C@@H]([N+]2(C)CCCC2)CC2C3CC[C@H]4C[C@H](O)[C@@H](N5CCCC5)C[C@]4(C)C3CC[C@@]21C.[Br-]. The zero-order chi connectivity index (χ0) is 24.6. The van der Waals surface area contributed by atoms with Crippen LogP contribution in [0.25, 0.3) is 0 Å². The number of halogens is 1. The van der Waals surface area contributed by atoms with Gasteiger partial charge in [0.2, 0.25) is 0 Å². The molecule has 1 N–H and O–H groups in total. The van der Waals surface area contributed by atoms with Gasteiger partial charge in [0.25, 0.3) is 0 Å². The number of ether oxygens (including phenoxy) is 1. The summed E-state index contributed by atoms with van der Waals surface area (Å²) in [6.07, 6.45) is 13.7. The number of carbonyl (C=O) groups excluding carboxylic acids is 1. The van der Waals surface area contributed by atoms with Crippen LogP contribution in [0.2, 0.25) is 0 Å². The Morgan fingerprint density at radius 2 is 1.67 bits per heavy atom. The van der Waals surface area contributed by atoms with E-state index >= 15 is 0 Å². The third-order valence-electron chi connectivity index (χ3n) is 12.9. The fourth-order valence-corrected chi connectivity index (χ4v) is 11.1. The van der Waals surface area contributed by atoms with Crippen LogP contribution in [-0.4, -0.2) is 78.0 Å². The second kappa shape index (κ2) is 9.78. The van der Waals surface area contributed by atoms with Crippen molar-refractivity contribution in [3.8, 4) is 0 Å². The van der Waals surface area contributed by atoms with Gasteiger partial charge in [0.15, 0.2) is 6.10 Å². The molecule has 0 aromatic carbocycles. The Morgan fingerprint density at radius 3 is 2.33 bits per heavy atom. The lowest BCUT2D eigenvalue weighted by molar-refractivity contribution is -0.924. The van der Waals surface area contributed by atoms with E-state index in [2.05, 4.69) is 25.8 Å². The van der Waals surface area contributed by atoms with Gasteiger partial charge < -0.3 is 31.3 Å². The average molecular weight is 568 g/mol. The zero-order valence-corrected chi connectivity index (χ0v) is 24.8. The van der Waals surface area contributed by atoms with Gasteiger partial charge in [-0.2, -0.15) is 0 Å². The molecule has 6 rings (SSSR count). The Morgan fingerprint density at radius 1 is 0.972 bits per heavy atom. The minimum absolute atomic E-state index is 0. The molecule has 0 bridgehead atoms. The van der Waals surface area contributed by atoms with E-state index in [4.69, 9.17) is 4.74 Å². The molecule has 36 heavy (non-hydrogen) atoms. The molecule has 2 heterocycles. The summed E-state index contributed by atoms with van der Waals surface area (Å²) in [5.74, 6) is 2.77. The minimum atomic E-state index is -0.139. The van der Waals surface area contributed by atoms with Crippen LogP contribution in [0.3, 0.4) is 0 Å². The number of hydrogen-bond donors (Lipinski definition) is 1. The first kappa shape index (κ1) is 27.4. The second-order valence-electron chi connectivity index (χ2n) is 14.5. The fourth-order valence-electron chi connectivity index (χ4n) is 11.1. The van der Waals surface area contributed by atoms with Crippen LogP contribution in [0, 0.1) is 34.5 Å². The molecule has 3 unspecified atom stereocenters. The number of likely N-dealkylation sites (tertiary alicyclic amines) is 2. The van der Waals surface area contributed by atoms with Crippen molar-refractivity contribution in [2.75, 3.05) is 33.2 Å². The van der Waals surface area contributed by atoms with Crippen molar-refractivity contribution >= 4 is 5.97 Å². The predicted molar refractivity (Wildman–Crippen MR) is 138 cm³/mol. The monoisotopic (exact) mass is 566 g/mol. The van der Waals surface area contributed by atoms with Crippen molar-refractivity contribution in [2.45, 2.75) is 116 Å². The Hall–Kier alpha value is -0.170. The van der Waals surface area contributed by atoms with Crippen LogP contribution in [0.5, 0.6) is 0 Å². The molecule has 0 amide bonds. The van der Waals surface area contributed by atoms with E-state index in [0.29, 0.717) is 29.3 Å². The van der Waals surface area contributed by atoms with Crippen molar-refractivity contribution in [1.29, 1.82) is 0 Å². The number of likely N-dealkylation sites (N-methyl/N-ethyl adjacent to an activating group) is 1. The van der Waals surface area contributed by atoms with E-state index in [-0.39, 0.29) is 40.6 Å². The zero-order valence-electron chi connectivity index (χ0n) is 23.3. The third kappa shape index (κ3) is 4.14. The lowest BCUT2D eigenvalue weighted by Gasteiger charge is -2.62. The predicted octanol–water partition coefficient (Wildman–Crippen LogP) is 1.62. The summed E-state index contributed by atoms with van der Waals surface area (Å²) >= 11 is 0. The molecule has 0 spiro atoms. The number of rotatable bonds is 3. The Balaban J connectivity index is 0.00000267. The Labute approximate surface area is 230 Å². The van der Waals surface area contributed by atoms with Gasteiger partial charge >= 0.3 is 5.97 Å². The molecule has 6 fully saturated rings. The molecular weight excluding hydrogens is 516 g/mol. The molecule has 0 aromatic rings. The van der Waals surface area contributed by atoms with E-state index in [0.717, 1.165) is 22.7 Å². The molecule has 0 aromatic heterocycles. The van der Waals surface area contributed by atoms with Crippen molar-refractivity contribution in [1.82, 2.24) is 4.90 Å². The van der Waals surface area contributed by atoms with Gasteiger partial charge in [-0.15, -0.1) is 0 Å². The van der Waals surface area contributed by atoms with Crippen LogP contribution >= 0.6 is 0 Å². The average Bonchev–Trinajstić information content (AvgIpc) is 3.54. The van der Waals surface area contributed by atoms with E-state index in [1.807, 2.05) is 0 Å². The molecule has 4 aliphatic carbocycles. The van der Waals surface area contributed by atoms with Crippen LogP contribution in [0.1, 0.15) is 91.4 Å². The molecule has 5 nitrogen and oxygen atoms in total. The summed E-state index contributed by atoms with van der Waals surface area (Å²) in [7, 11) is 2.45. The van der Waals surface area contributed by atoms with E-state index in [1.54, 1.807) is 6.92 Å². The first-order valence-corrected chi connectivity index (χ1v) is 15.1. The molecule has 0 radical (unpaired) electrons. The highest BCUT2D eigenvalue weighted by molar-refractivity contribution is 5.66. The molecule has 10 atom stereocenters. The maximum absolute atomic E-state index is 12.3. The van der Waals surface area contributed by atoms with Gasteiger partial charge in [-0.05, 0) is 93.5 Å². The number of aliphatic hydroxyl groups excluding tert-OH is 1. The van der Waals surface area contributed by atoms with Gasteiger partial charge in [-0.3, -0.25) is 9.69 Å². The van der Waals surface area contributed by atoms with Gasteiger partial charge in [0, 0.05) is 37.6 Å². The third-order valence-corrected chi connectivity index (χ3v) is 12.9. The summed E-state index contributed by atoms with van der Waals surface area (Å²) in [5, 5.41) is 11.2. The fraction of sp³-hybridized carbons (Fsp3) is 0.967. The quantitative estimate of drug-likeness (QED) is 0.416. The van der Waals surface area contributed by atoms with Crippen LogP contribution in [0.15, 0.2) is 0 Å². The summed E-state index contributed by atoms with van der Waals surface area (Å²) in [4.78, 5) is 15.0. The molecule has 2 saturated heterocycles. The first-order valence-electron chi connectivity index (χ1n) is 15.1. The molecule has 2 aliphatic heterocycles. The highest BCUT2D eigenvalue weighted by Crippen LogP contribution is 2.67. The van der Waals surface area contributed by atoms with Crippen molar-refractivity contribution < 1.29 is 36.1 Å². The number of nitrogens with zero attached hydrogens (tertiary/aromatic N) is 2. The molecule has 6 aliphatic rings. The maximum Gasteiger partial charge on any atom is 0.303 e. The van der Waals surface area contributed by atoms with Gasteiger partial charge in [0.1, 0.15) is 6.04 Å². The van der Waals surface area contributed by atoms with Crippen LogP contribution in [-0.2, 0) is 9.53 Å². The van der Waals surface area contributed by atoms with Crippen molar-refractivity contribution in [2.24, 2.45) is 34.5 Å². The standard InChI is InChI=1S/C30H51N2O3.BrH/c1-20(33)35-28-26(32(4)15-7-8-16-32)18-24-22-10-9-21-17-27(34)25(31-13-5-6-14-31)19-30(21,3)23(22)11-12-29(24,28)2;/h21-28,34H,5-19H2,1-4H3;1H/q+1;/p-1/t21-,22?,23?,24?,25-,26-,27-,28+,29-,30-;/m0./s1. The topological polar surface area (TPSA) is 49.8 Å². The number of esters is 1.